The standard InChI is InChI=1S/C18H22N2O2S/c1-12(2)14-11-23-17(19-14)18(21)20-10-6-8-15(20)13-7-4-5-9-16(13)22-3/h4-5,7,9,11-12,15H,6,8,10H2,1-3H3. The maximum absolute atomic E-state index is 12.9. The van der Waals surface area contributed by atoms with Gasteiger partial charge in [0.2, 0.25) is 0 Å². The highest BCUT2D eigenvalue weighted by molar-refractivity contribution is 7.11. The fourth-order valence-electron chi connectivity index (χ4n) is 3.05. The molecule has 0 saturated carbocycles. The van der Waals surface area contributed by atoms with Crippen molar-refractivity contribution >= 4 is 17.2 Å². The fraction of sp³-hybridized carbons (Fsp3) is 0.444. The summed E-state index contributed by atoms with van der Waals surface area (Å²) < 4.78 is 5.48. The summed E-state index contributed by atoms with van der Waals surface area (Å²) in [5.74, 6) is 1.23. The van der Waals surface area contributed by atoms with E-state index in [1.807, 2.05) is 28.5 Å². The van der Waals surface area contributed by atoms with Crippen LogP contribution >= 0.6 is 11.3 Å². The molecule has 5 heteroatoms. The molecule has 1 atom stereocenters. The third-order valence-electron chi connectivity index (χ3n) is 4.31. The maximum atomic E-state index is 12.9. The average Bonchev–Trinajstić information content (AvgIpc) is 3.23. The lowest BCUT2D eigenvalue weighted by molar-refractivity contribution is 0.0733. The summed E-state index contributed by atoms with van der Waals surface area (Å²) in [4.78, 5) is 19.4. The molecule has 2 heterocycles. The molecular weight excluding hydrogens is 308 g/mol. The number of methoxy groups -OCH3 is 1. The van der Waals surface area contributed by atoms with Gasteiger partial charge in [-0.2, -0.15) is 0 Å². The van der Waals surface area contributed by atoms with Gasteiger partial charge in [0.15, 0.2) is 5.01 Å². The monoisotopic (exact) mass is 330 g/mol. The minimum Gasteiger partial charge on any atom is -0.496 e. The van der Waals surface area contributed by atoms with Crippen LogP contribution in [0.3, 0.4) is 0 Å². The molecule has 23 heavy (non-hydrogen) atoms. The summed E-state index contributed by atoms with van der Waals surface area (Å²) in [7, 11) is 1.68. The number of nitrogens with zero attached hydrogens (tertiary/aromatic N) is 2. The summed E-state index contributed by atoms with van der Waals surface area (Å²) in [6.45, 7) is 4.96. The van der Waals surface area contributed by atoms with Gasteiger partial charge < -0.3 is 9.64 Å². The Hall–Kier alpha value is -1.88. The summed E-state index contributed by atoms with van der Waals surface area (Å²) in [5.41, 5.74) is 2.08. The van der Waals surface area contributed by atoms with Gasteiger partial charge in [-0.05, 0) is 24.8 Å². The second-order valence-electron chi connectivity index (χ2n) is 6.13. The van der Waals surface area contributed by atoms with Crippen molar-refractivity contribution in [2.24, 2.45) is 0 Å². The number of para-hydroxylation sites is 1. The largest absolute Gasteiger partial charge is 0.496 e. The van der Waals surface area contributed by atoms with Gasteiger partial charge in [-0.15, -0.1) is 11.3 Å². The van der Waals surface area contributed by atoms with Crippen molar-refractivity contribution in [1.82, 2.24) is 9.88 Å². The van der Waals surface area contributed by atoms with E-state index < -0.39 is 0 Å². The molecule has 0 spiro atoms. The van der Waals surface area contributed by atoms with Crippen molar-refractivity contribution in [1.29, 1.82) is 0 Å². The number of rotatable bonds is 4. The van der Waals surface area contributed by atoms with Crippen molar-refractivity contribution in [2.45, 2.75) is 38.6 Å². The normalized spacial score (nSPS) is 17.7. The first-order chi connectivity index (χ1) is 11.1. The van der Waals surface area contributed by atoms with Crippen LogP contribution < -0.4 is 4.74 Å². The Morgan fingerprint density at radius 1 is 1.39 bits per heavy atom. The molecule has 0 aliphatic carbocycles. The predicted molar refractivity (Wildman–Crippen MR) is 92.2 cm³/mol. The van der Waals surface area contributed by atoms with E-state index >= 15 is 0 Å². The van der Waals surface area contributed by atoms with Gasteiger partial charge in [0.05, 0.1) is 18.8 Å². The number of aromatic nitrogens is 1. The molecule has 1 amide bonds. The lowest BCUT2D eigenvalue weighted by atomic mass is 10.0. The molecule has 1 aliphatic heterocycles. The molecule has 2 aromatic rings. The van der Waals surface area contributed by atoms with E-state index in [-0.39, 0.29) is 11.9 Å². The van der Waals surface area contributed by atoms with Crippen LogP contribution in [-0.2, 0) is 0 Å². The van der Waals surface area contributed by atoms with Gasteiger partial charge in [0.1, 0.15) is 5.75 Å². The van der Waals surface area contributed by atoms with Crippen LogP contribution in [0.5, 0.6) is 5.75 Å². The first kappa shape index (κ1) is 16.0. The molecule has 0 N–H and O–H groups in total. The second-order valence-corrected chi connectivity index (χ2v) is 6.99. The number of ether oxygens (including phenoxy) is 1. The van der Waals surface area contributed by atoms with E-state index in [0.717, 1.165) is 36.4 Å². The van der Waals surface area contributed by atoms with Crippen LogP contribution in [0.2, 0.25) is 0 Å². The van der Waals surface area contributed by atoms with Crippen LogP contribution in [0, 0.1) is 0 Å². The SMILES string of the molecule is COc1ccccc1C1CCCN1C(=O)c1nc(C(C)C)cs1. The van der Waals surface area contributed by atoms with E-state index in [9.17, 15) is 4.79 Å². The van der Waals surface area contributed by atoms with E-state index in [4.69, 9.17) is 4.74 Å². The Morgan fingerprint density at radius 2 is 2.17 bits per heavy atom. The Labute approximate surface area is 141 Å². The van der Waals surface area contributed by atoms with Crippen LogP contribution in [0.1, 0.15) is 59.7 Å². The van der Waals surface area contributed by atoms with Gasteiger partial charge in [-0.25, -0.2) is 4.98 Å². The molecule has 0 bridgehead atoms. The topological polar surface area (TPSA) is 42.4 Å². The number of carbonyl (C=O) groups is 1. The van der Waals surface area contributed by atoms with Crippen LogP contribution in [0.25, 0.3) is 0 Å². The average molecular weight is 330 g/mol. The lowest BCUT2D eigenvalue weighted by Gasteiger charge is -2.25. The molecule has 0 radical (unpaired) electrons. The fourth-order valence-corrected chi connectivity index (χ4v) is 3.98. The predicted octanol–water partition coefficient (Wildman–Crippen LogP) is 4.25. The summed E-state index contributed by atoms with van der Waals surface area (Å²) >= 11 is 1.45. The number of amides is 1. The minimum atomic E-state index is 0.0373. The zero-order valence-electron chi connectivity index (χ0n) is 13.8. The van der Waals surface area contributed by atoms with E-state index in [1.165, 1.54) is 11.3 Å². The summed E-state index contributed by atoms with van der Waals surface area (Å²) in [6, 6.07) is 8.04. The Balaban J connectivity index is 1.87. The Bertz CT molecular complexity index is 696. The van der Waals surface area contributed by atoms with Crippen molar-refractivity contribution < 1.29 is 9.53 Å². The summed E-state index contributed by atoms with van der Waals surface area (Å²) in [6.07, 6.45) is 1.98. The number of carbonyl (C=O) groups excluding carboxylic acids is 1. The van der Waals surface area contributed by atoms with Gasteiger partial charge in [0.25, 0.3) is 5.91 Å². The highest BCUT2D eigenvalue weighted by Gasteiger charge is 2.33. The number of benzene rings is 1. The number of hydrogen-bond donors (Lipinski definition) is 0. The number of hydrogen-bond acceptors (Lipinski definition) is 4. The third kappa shape index (κ3) is 3.11. The Morgan fingerprint density at radius 3 is 2.87 bits per heavy atom. The zero-order valence-corrected chi connectivity index (χ0v) is 14.6. The van der Waals surface area contributed by atoms with Crippen LogP contribution in [0.15, 0.2) is 29.6 Å². The smallest absolute Gasteiger partial charge is 0.283 e. The Kier molecular flexibility index (Phi) is 4.66. The highest BCUT2D eigenvalue weighted by Crippen LogP contribution is 2.38. The first-order valence-electron chi connectivity index (χ1n) is 8.01. The molecule has 3 rings (SSSR count). The lowest BCUT2D eigenvalue weighted by Crippen LogP contribution is -2.30. The molecule has 4 nitrogen and oxygen atoms in total. The third-order valence-corrected chi connectivity index (χ3v) is 5.16. The van der Waals surface area contributed by atoms with Crippen molar-refractivity contribution in [2.75, 3.05) is 13.7 Å². The van der Waals surface area contributed by atoms with Gasteiger partial charge in [-0.1, -0.05) is 32.0 Å². The van der Waals surface area contributed by atoms with Crippen molar-refractivity contribution in [3.63, 3.8) is 0 Å². The van der Waals surface area contributed by atoms with Gasteiger partial charge >= 0.3 is 0 Å². The summed E-state index contributed by atoms with van der Waals surface area (Å²) in [5, 5.41) is 2.59. The van der Waals surface area contributed by atoms with E-state index in [1.54, 1.807) is 7.11 Å². The molecule has 1 unspecified atom stereocenters. The quantitative estimate of drug-likeness (QED) is 0.841. The van der Waals surface area contributed by atoms with Gasteiger partial charge in [0, 0.05) is 17.5 Å². The number of thiazole rings is 1. The molecule has 122 valence electrons. The molecule has 1 saturated heterocycles. The van der Waals surface area contributed by atoms with Crippen molar-refractivity contribution in [3.8, 4) is 5.75 Å². The first-order valence-corrected chi connectivity index (χ1v) is 8.89. The van der Waals surface area contributed by atoms with E-state index in [2.05, 4.69) is 24.9 Å². The maximum Gasteiger partial charge on any atom is 0.283 e. The molecular formula is C18H22N2O2S. The minimum absolute atomic E-state index is 0.0373. The second kappa shape index (κ2) is 6.71. The van der Waals surface area contributed by atoms with Crippen LogP contribution in [-0.4, -0.2) is 29.4 Å². The molecule has 1 aromatic carbocycles. The highest BCUT2D eigenvalue weighted by atomic mass is 32.1. The molecule has 1 fully saturated rings. The molecule has 1 aromatic heterocycles. The number of likely N-dealkylation sites (tertiary alicyclic amines) is 1. The zero-order chi connectivity index (χ0) is 16.4. The van der Waals surface area contributed by atoms with Crippen LogP contribution in [0.4, 0.5) is 0 Å². The van der Waals surface area contributed by atoms with Crippen molar-refractivity contribution in [3.05, 3.63) is 45.9 Å². The molecule has 1 aliphatic rings. The van der Waals surface area contributed by atoms with Gasteiger partial charge in [-0.3, -0.25) is 4.79 Å². The van der Waals surface area contributed by atoms with E-state index in [0.29, 0.717) is 10.9 Å².